The van der Waals surface area contributed by atoms with Gasteiger partial charge in [-0.2, -0.15) is 0 Å². The third-order valence-corrected chi connectivity index (χ3v) is 5.18. The number of aliphatic carboxylic acids is 1. The summed E-state index contributed by atoms with van der Waals surface area (Å²) >= 11 is 1.45. The van der Waals surface area contributed by atoms with E-state index in [0.29, 0.717) is 17.2 Å². The number of rotatable bonds is 10. The average Bonchev–Trinajstić information content (AvgIpc) is 3.09. The molecular formula is C18H26N2O5S. The number of ether oxygens (including phenoxy) is 2. The van der Waals surface area contributed by atoms with Crippen LogP contribution in [0.15, 0.2) is 29.2 Å². The smallest absolute Gasteiger partial charge is 0.340 e. The lowest BCUT2D eigenvalue weighted by Gasteiger charge is -2.29. The second-order valence-corrected chi connectivity index (χ2v) is 7.20. The van der Waals surface area contributed by atoms with Crippen LogP contribution in [-0.2, 0) is 26.2 Å². The van der Waals surface area contributed by atoms with Gasteiger partial charge in [-0.3, -0.25) is 0 Å². The number of nitrogens with one attached hydrogen (secondary N) is 1. The Hall–Kier alpha value is -2.06. The highest BCUT2D eigenvalue weighted by molar-refractivity contribution is 7.09. The van der Waals surface area contributed by atoms with E-state index in [9.17, 15) is 15.0 Å². The number of carboxylic acid groups (broad SMARTS) is 1. The van der Waals surface area contributed by atoms with E-state index >= 15 is 0 Å². The molecule has 0 fully saturated rings. The molecule has 0 saturated carbocycles. The lowest BCUT2D eigenvalue weighted by Crippen LogP contribution is -2.47. The summed E-state index contributed by atoms with van der Waals surface area (Å²) in [6, 6.07) is 0. The van der Waals surface area contributed by atoms with Gasteiger partial charge in [0.25, 0.3) is 0 Å². The first-order valence-electron chi connectivity index (χ1n) is 8.58. The number of thiazole rings is 1. The number of hydrogen-bond donors (Lipinski definition) is 3. The predicted molar refractivity (Wildman–Crippen MR) is 98.6 cm³/mol. The molecule has 26 heavy (non-hydrogen) atoms. The van der Waals surface area contributed by atoms with Crippen molar-refractivity contribution in [2.24, 2.45) is 0 Å². The van der Waals surface area contributed by atoms with Crippen LogP contribution in [0.25, 0.3) is 0 Å². The third-order valence-electron chi connectivity index (χ3n) is 4.27. The van der Waals surface area contributed by atoms with E-state index in [4.69, 9.17) is 9.47 Å². The van der Waals surface area contributed by atoms with Crippen LogP contribution in [0, 0.1) is 0 Å². The van der Waals surface area contributed by atoms with Gasteiger partial charge in [-0.05, 0) is 26.2 Å². The summed E-state index contributed by atoms with van der Waals surface area (Å²) in [6.07, 6.45) is 7.24. The van der Waals surface area contributed by atoms with Gasteiger partial charge >= 0.3 is 5.97 Å². The van der Waals surface area contributed by atoms with Crippen LogP contribution in [0.3, 0.4) is 0 Å². The number of unbranched alkanes of at least 4 members (excludes halogenated alkanes) is 2. The lowest BCUT2D eigenvalue weighted by molar-refractivity contribution is -0.143. The largest absolute Gasteiger partial charge is 0.493 e. The molecule has 0 bridgehead atoms. The first kappa shape index (κ1) is 20.3. The van der Waals surface area contributed by atoms with Crippen molar-refractivity contribution < 1.29 is 24.5 Å². The molecular weight excluding hydrogens is 356 g/mol. The van der Waals surface area contributed by atoms with E-state index in [-0.39, 0.29) is 6.10 Å². The maximum atomic E-state index is 12.0. The van der Waals surface area contributed by atoms with Crippen molar-refractivity contribution in [2.45, 2.75) is 50.7 Å². The van der Waals surface area contributed by atoms with Crippen molar-refractivity contribution >= 4 is 17.3 Å². The number of carbonyl (C=O) groups is 1. The van der Waals surface area contributed by atoms with Crippen LogP contribution < -0.4 is 5.32 Å². The Labute approximate surface area is 157 Å². The van der Waals surface area contributed by atoms with Gasteiger partial charge in [0.05, 0.1) is 31.0 Å². The molecule has 0 saturated heterocycles. The summed E-state index contributed by atoms with van der Waals surface area (Å²) in [4.78, 5) is 16.5. The quantitative estimate of drug-likeness (QED) is 0.535. The van der Waals surface area contributed by atoms with Crippen LogP contribution in [0.1, 0.15) is 43.3 Å². The summed E-state index contributed by atoms with van der Waals surface area (Å²) in [6.45, 7) is 1.79. The summed E-state index contributed by atoms with van der Waals surface area (Å²) in [5.41, 5.74) is -1.05. The zero-order valence-corrected chi connectivity index (χ0v) is 16.1. The Morgan fingerprint density at radius 2 is 2.04 bits per heavy atom. The Morgan fingerprint density at radius 3 is 2.65 bits per heavy atom. The number of carboxylic acids is 1. The topological polar surface area (TPSA) is 101 Å². The maximum absolute atomic E-state index is 12.0. The standard InChI is InChI=1S/C18H26N2O5S/c1-12(21)7-5-4-6-8-16-20-15(11-26-16)18(17(22)23)9-13(24-2)14(25-3)10-19-18/h9-12,19,21H,4-8H2,1-3H3,(H,22,23). The van der Waals surface area contributed by atoms with E-state index in [2.05, 4.69) is 10.3 Å². The minimum atomic E-state index is -1.48. The lowest BCUT2D eigenvalue weighted by atomic mass is 9.93. The molecule has 0 amide bonds. The van der Waals surface area contributed by atoms with Gasteiger partial charge in [-0.1, -0.05) is 12.8 Å². The van der Waals surface area contributed by atoms with Gasteiger partial charge in [0.2, 0.25) is 5.54 Å². The molecule has 1 aromatic heterocycles. The van der Waals surface area contributed by atoms with Crippen molar-refractivity contribution in [1.82, 2.24) is 10.3 Å². The van der Waals surface area contributed by atoms with Gasteiger partial charge in [0.15, 0.2) is 11.5 Å². The molecule has 1 aromatic rings. The van der Waals surface area contributed by atoms with Crippen LogP contribution in [0.4, 0.5) is 0 Å². The first-order chi connectivity index (χ1) is 12.4. The van der Waals surface area contributed by atoms with Crippen molar-refractivity contribution in [3.05, 3.63) is 39.9 Å². The number of aryl methyl sites for hydroxylation is 1. The summed E-state index contributed by atoms with van der Waals surface area (Å²) in [7, 11) is 2.96. The molecule has 2 heterocycles. The van der Waals surface area contributed by atoms with Crippen molar-refractivity contribution in [1.29, 1.82) is 0 Å². The SMILES string of the molecule is COC1=CNC(C(=O)O)(c2csc(CCCCCC(C)O)n2)C=C1OC. The van der Waals surface area contributed by atoms with Crippen molar-refractivity contribution in [3.8, 4) is 0 Å². The maximum Gasteiger partial charge on any atom is 0.340 e. The van der Waals surface area contributed by atoms with Gasteiger partial charge in [0, 0.05) is 17.7 Å². The second kappa shape index (κ2) is 9.05. The molecule has 144 valence electrons. The van der Waals surface area contributed by atoms with Gasteiger partial charge < -0.3 is 25.0 Å². The normalized spacial score (nSPS) is 20.6. The van der Waals surface area contributed by atoms with Gasteiger partial charge in [-0.25, -0.2) is 9.78 Å². The van der Waals surface area contributed by atoms with Crippen LogP contribution in [0.5, 0.6) is 0 Å². The average molecular weight is 382 g/mol. The van der Waals surface area contributed by atoms with Crippen LogP contribution >= 0.6 is 11.3 Å². The highest BCUT2D eigenvalue weighted by Gasteiger charge is 2.43. The minimum Gasteiger partial charge on any atom is -0.493 e. The molecule has 0 spiro atoms. The summed E-state index contributed by atoms with van der Waals surface area (Å²) < 4.78 is 10.4. The number of aromatic nitrogens is 1. The number of dihydropyridines is 1. The Morgan fingerprint density at radius 1 is 1.31 bits per heavy atom. The summed E-state index contributed by atoms with van der Waals surface area (Å²) in [5, 5.41) is 24.7. The van der Waals surface area contributed by atoms with E-state index in [1.165, 1.54) is 37.8 Å². The molecule has 7 nitrogen and oxygen atoms in total. The van der Waals surface area contributed by atoms with Crippen LogP contribution in [0.2, 0.25) is 0 Å². The zero-order valence-electron chi connectivity index (χ0n) is 15.3. The molecule has 0 aromatic carbocycles. The fourth-order valence-corrected chi connectivity index (χ4v) is 3.66. The van der Waals surface area contributed by atoms with Gasteiger partial charge in [0.1, 0.15) is 0 Å². The molecule has 0 radical (unpaired) electrons. The molecule has 2 atom stereocenters. The zero-order chi connectivity index (χ0) is 19.2. The number of methoxy groups -OCH3 is 2. The Balaban J connectivity index is 2.10. The molecule has 1 aliphatic rings. The molecule has 2 unspecified atom stereocenters. The molecule has 2 rings (SSSR count). The minimum absolute atomic E-state index is 0.263. The highest BCUT2D eigenvalue weighted by atomic mass is 32.1. The molecule has 1 aliphatic heterocycles. The van der Waals surface area contributed by atoms with E-state index < -0.39 is 11.5 Å². The monoisotopic (exact) mass is 382 g/mol. The van der Waals surface area contributed by atoms with E-state index in [0.717, 1.165) is 37.1 Å². The number of aliphatic hydroxyl groups is 1. The second-order valence-electron chi connectivity index (χ2n) is 6.26. The van der Waals surface area contributed by atoms with Gasteiger partial charge in [-0.15, -0.1) is 11.3 Å². The third kappa shape index (κ3) is 4.56. The molecule has 8 heteroatoms. The van der Waals surface area contributed by atoms with Crippen molar-refractivity contribution in [3.63, 3.8) is 0 Å². The van der Waals surface area contributed by atoms with Crippen LogP contribution in [-0.4, -0.2) is 41.5 Å². The summed E-state index contributed by atoms with van der Waals surface area (Å²) in [5.74, 6) is -0.286. The molecule has 3 N–H and O–H groups in total. The Kier molecular flexibility index (Phi) is 7.05. The predicted octanol–water partition coefficient (Wildman–Crippen LogP) is 2.53. The fourth-order valence-electron chi connectivity index (χ4n) is 2.76. The Bertz CT molecular complexity index is 683. The first-order valence-corrected chi connectivity index (χ1v) is 9.46. The van der Waals surface area contributed by atoms with E-state index in [1.807, 2.05) is 0 Å². The number of aliphatic hydroxyl groups excluding tert-OH is 1. The number of nitrogens with zero attached hydrogens (tertiary/aromatic N) is 1. The molecule has 0 aliphatic carbocycles. The van der Waals surface area contributed by atoms with Crippen molar-refractivity contribution in [2.75, 3.05) is 14.2 Å². The van der Waals surface area contributed by atoms with E-state index in [1.54, 1.807) is 12.3 Å². The highest BCUT2D eigenvalue weighted by Crippen LogP contribution is 2.32. The fraction of sp³-hybridized carbons (Fsp3) is 0.556. The number of hydrogen-bond acceptors (Lipinski definition) is 7.